The van der Waals surface area contributed by atoms with Crippen LogP contribution in [0, 0.1) is 0 Å². The number of benzene rings is 2. The maximum atomic E-state index is 13.5. The highest BCUT2D eigenvalue weighted by Gasteiger charge is 2.54. The summed E-state index contributed by atoms with van der Waals surface area (Å²) in [6.07, 6.45) is 0.290. The van der Waals surface area contributed by atoms with E-state index in [4.69, 9.17) is 4.74 Å². The quantitative estimate of drug-likeness (QED) is 0.675. The van der Waals surface area contributed by atoms with E-state index in [1.165, 1.54) is 4.90 Å². The number of rotatable bonds is 7. The predicted molar refractivity (Wildman–Crippen MR) is 126 cm³/mol. The molecule has 0 bridgehead atoms. The Balaban J connectivity index is 1.76. The zero-order valence-corrected chi connectivity index (χ0v) is 19.8. The van der Waals surface area contributed by atoms with Gasteiger partial charge in [0.25, 0.3) is 0 Å². The molecule has 7 heteroatoms. The summed E-state index contributed by atoms with van der Waals surface area (Å²) in [5.41, 5.74) is 0.282. The van der Waals surface area contributed by atoms with Crippen LogP contribution in [0.15, 0.2) is 60.7 Å². The molecule has 0 spiro atoms. The number of carbonyl (C=O) groups excluding carboxylic acids is 3. The second-order valence-corrected chi connectivity index (χ2v) is 9.57. The van der Waals surface area contributed by atoms with Gasteiger partial charge in [-0.15, -0.1) is 0 Å². The first kappa shape index (κ1) is 24.3. The van der Waals surface area contributed by atoms with E-state index in [-0.39, 0.29) is 18.4 Å². The largest absolute Gasteiger partial charge is 0.445 e. The van der Waals surface area contributed by atoms with Gasteiger partial charge in [0.05, 0.1) is 0 Å². The molecular formula is C26H33N3O4. The Labute approximate surface area is 195 Å². The smallest absolute Gasteiger partial charge is 0.411 e. The SMILES string of the molecule is C[C@H](NC(=O)[C@@]1(Cc2ccccc2)CCN1C(=O)OCc1ccccc1)C(=O)NC(C)(C)C. The van der Waals surface area contributed by atoms with Crippen molar-refractivity contribution in [3.63, 3.8) is 0 Å². The van der Waals surface area contributed by atoms with Crippen LogP contribution in [0.5, 0.6) is 0 Å². The number of carbonyl (C=O) groups is 3. The summed E-state index contributed by atoms with van der Waals surface area (Å²) in [5.74, 6) is -0.630. The summed E-state index contributed by atoms with van der Waals surface area (Å²) in [4.78, 5) is 40.4. The lowest BCUT2D eigenvalue weighted by Gasteiger charge is -2.50. The van der Waals surface area contributed by atoms with Crippen LogP contribution in [-0.2, 0) is 27.4 Å². The van der Waals surface area contributed by atoms with Crippen molar-refractivity contribution in [3.05, 3.63) is 71.8 Å². The van der Waals surface area contributed by atoms with Gasteiger partial charge in [0.2, 0.25) is 11.8 Å². The molecule has 2 aromatic carbocycles. The van der Waals surface area contributed by atoms with Crippen LogP contribution in [0.2, 0.25) is 0 Å². The topological polar surface area (TPSA) is 87.7 Å². The first-order valence-electron chi connectivity index (χ1n) is 11.3. The summed E-state index contributed by atoms with van der Waals surface area (Å²) in [6.45, 7) is 7.83. The van der Waals surface area contributed by atoms with Gasteiger partial charge in [-0.05, 0) is 45.2 Å². The van der Waals surface area contributed by atoms with Crippen molar-refractivity contribution in [3.8, 4) is 0 Å². The number of hydrogen-bond donors (Lipinski definition) is 2. The first-order valence-corrected chi connectivity index (χ1v) is 11.3. The minimum absolute atomic E-state index is 0.129. The van der Waals surface area contributed by atoms with Crippen molar-refractivity contribution in [2.75, 3.05) is 6.54 Å². The van der Waals surface area contributed by atoms with E-state index in [1.54, 1.807) is 6.92 Å². The van der Waals surface area contributed by atoms with E-state index in [0.29, 0.717) is 19.4 Å². The number of hydrogen-bond acceptors (Lipinski definition) is 4. The van der Waals surface area contributed by atoms with Crippen LogP contribution < -0.4 is 10.6 Å². The van der Waals surface area contributed by atoms with Gasteiger partial charge in [0.15, 0.2) is 0 Å². The highest BCUT2D eigenvalue weighted by Crippen LogP contribution is 2.35. The number of amides is 3. The van der Waals surface area contributed by atoms with Gasteiger partial charge in [-0.3, -0.25) is 14.5 Å². The molecular weight excluding hydrogens is 418 g/mol. The zero-order chi connectivity index (χ0) is 24.1. The Kier molecular flexibility index (Phi) is 7.41. The maximum Gasteiger partial charge on any atom is 0.411 e. The third-order valence-electron chi connectivity index (χ3n) is 5.69. The Morgan fingerprint density at radius 1 is 1.00 bits per heavy atom. The maximum absolute atomic E-state index is 13.5. The third kappa shape index (κ3) is 6.12. The highest BCUT2D eigenvalue weighted by molar-refractivity contribution is 5.95. The average Bonchev–Trinajstić information content (AvgIpc) is 2.75. The summed E-state index contributed by atoms with van der Waals surface area (Å²) >= 11 is 0. The molecule has 33 heavy (non-hydrogen) atoms. The molecule has 1 saturated heterocycles. The van der Waals surface area contributed by atoms with Crippen molar-refractivity contribution in [2.45, 2.75) is 64.3 Å². The first-order chi connectivity index (χ1) is 15.6. The third-order valence-corrected chi connectivity index (χ3v) is 5.69. The van der Waals surface area contributed by atoms with E-state index >= 15 is 0 Å². The molecule has 1 aliphatic rings. The summed E-state index contributed by atoms with van der Waals surface area (Å²) < 4.78 is 5.52. The molecule has 176 valence electrons. The van der Waals surface area contributed by atoms with Gasteiger partial charge in [0, 0.05) is 18.5 Å². The van der Waals surface area contributed by atoms with Gasteiger partial charge in [-0.25, -0.2) is 4.79 Å². The fraction of sp³-hybridized carbons (Fsp3) is 0.423. The molecule has 0 aromatic heterocycles. The number of nitrogens with zero attached hydrogens (tertiary/aromatic N) is 1. The lowest BCUT2D eigenvalue weighted by molar-refractivity contribution is -0.143. The molecule has 2 N–H and O–H groups in total. The Hall–Kier alpha value is -3.35. The lowest BCUT2D eigenvalue weighted by Crippen LogP contribution is -2.71. The van der Waals surface area contributed by atoms with Gasteiger partial charge >= 0.3 is 6.09 Å². The molecule has 3 amide bonds. The number of ether oxygens (including phenoxy) is 1. The number of likely N-dealkylation sites (tertiary alicyclic amines) is 1. The van der Waals surface area contributed by atoms with Crippen LogP contribution in [0.1, 0.15) is 45.2 Å². The van der Waals surface area contributed by atoms with Gasteiger partial charge in [-0.2, -0.15) is 0 Å². The minimum atomic E-state index is -1.11. The van der Waals surface area contributed by atoms with E-state index in [0.717, 1.165) is 11.1 Å². The summed E-state index contributed by atoms with van der Waals surface area (Å²) in [5, 5.41) is 5.70. The molecule has 2 atom stereocenters. The van der Waals surface area contributed by atoms with Crippen molar-refractivity contribution in [2.24, 2.45) is 0 Å². The van der Waals surface area contributed by atoms with Crippen molar-refractivity contribution >= 4 is 17.9 Å². The van der Waals surface area contributed by atoms with Gasteiger partial charge in [0.1, 0.15) is 18.2 Å². The van der Waals surface area contributed by atoms with E-state index < -0.39 is 23.2 Å². The average molecular weight is 452 g/mol. The second-order valence-electron chi connectivity index (χ2n) is 9.57. The van der Waals surface area contributed by atoms with E-state index in [9.17, 15) is 14.4 Å². The normalized spacial score (nSPS) is 18.6. The van der Waals surface area contributed by atoms with Crippen LogP contribution in [0.25, 0.3) is 0 Å². The standard InChI is InChI=1S/C26H33N3O4/c1-19(22(30)28-25(2,3)4)27-23(31)26(17-20-11-7-5-8-12-20)15-16-29(26)24(32)33-18-21-13-9-6-10-14-21/h5-14,19H,15-18H2,1-4H3,(H,27,31)(H,28,30)/t19-,26-/m0/s1. The highest BCUT2D eigenvalue weighted by atomic mass is 16.6. The zero-order valence-electron chi connectivity index (χ0n) is 19.8. The summed E-state index contributed by atoms with van der Waals surface area (Å²) in [6, 6.07) is 18.2. The molecule has 0 aliphatic carbocycles. The van der Waals surface area contributed by atoms with E-state index in [1.807, 2.05) is 81.4 Å². The van der Waals surface area contributed by atoms with Crippen LogP contribution in [-0.4, -0.2) is 46.5 Å². The molecule has 1 heterocycles. The lowest BCUT2D eigenvalue weighted by atomic mass is 9.78. The Morgan fingerprint density at radius 2 is 1.58 bits per heavy atom. The molecule has 0 radical (unpaired) electrons. The van der Waals surface area contributed by atoms with Crippen LogP contribution >= 0.6 is 0 Å². The van der Waals surface area contributed by atoms with Crippen molar-refractivity contribution in [1.29, 1.82) is 0 Å². The van der Waals surface area contributed by atoms with Crippen LogP contribution in [0.3, 0.4) is 0 Å². The number of nitrogens with one attached hydrogen (secondary N) is 2. The fourth-order valence-electron chi connectivity index (χ4n) is 3.86. The van der Waals surface area contributed by atoms with Crippen LogP contribution in [0.4, 0.5) is 4.79 Å². The second kappa shape index (κ2) is 10.1. The molecule has 7 nitrogen and oxygen atoms in total. The minimum Gasteiger partial charge on any atom is -0.445 e. The fourth-order valence-corrected chi connectivity index (χ4v) is 3.86. The molecule has 1 fully saturated rings. The Bertz CT molecular complexity index is 972. The molecule has 3 rings (SSSR count). The van der Waals surface area contributed by atoms with Gasteiger partial charge < -0.3 is 15.4 Å². The molecule has 0 saturated carbocycles. The van der Waals surface area contributed by atoms with Crippen molar-refractivity contribution < 1.29 is 19.1 Å². The molecule has 2 aromatic rings. The molecule has 1 aliphatic heterocycles. The van der Waals surface area contributed by atoms with Crippen molar-refractivity contribution in [1.82, 2.24) is 15.5 Å². The monoisotopic (exact) mass is 451 g/mol. The predicted octanol–water partition coefficient (Wildman–Crippen LogP) is 3.43. The van der Waals surface area contributed by atoms with Gasteiger partial charge in [-0.1, -0.05) is 60.7 Å². The van der Waals surface area contributed by atoms with E-state index in [2.05, 4.69) is 10.6 Å². The summed E-state index contributed by atoms with van der Waals surface area (Å²) in [7, 11) is 0. The Morgan fingerprint density at radius 3 is 2.09 bits per heavy atom. The molecule has 0 unspecified atom stereocenters.